The molecule has 0 aliphatic heterocycles. The monoisotopic (exact) mass is 458 g/mol. The van der Waals surface area contributed by atoms with Crippen molar-refractivity contribution in [3.05, 3.63) is 59.8 Å². The molecular formula is C21H23FN6O3S. The van der Waals surface area contributed by atoms with E-state index in [9.17, 15) is 18.5 Å². The van der Waals surface area contributed by atoms with Gasteiger partial charge in [-0.25, -0.2) is 22.9 Å². The number of amides is 2. The lowest BCUT2D eigenvalue weighted by Gasteiger charge is -2.17. The number of hydrogen-bond acceptors (Lipinski definition) is 6. The molecule has 0 radical (unpaired) electrons. The third-order valence-corrected chi connectivity index (χ3v) is 6.46. The van der Waals surface area contributed by atoms with Crippen LogP contribution in [0.5, 0.6) is 0 Å². The Bertz CT molecular complexity index is 1260. The highest BCUT2D eigenvalue weighted by Gasteiger charge is 2.25. The second-order valence-corrected chi connectivity index (χ2v) is 9.40. The van der Waals surface area contributed by atoms with Crippen LogP contribution >= 0.6 is 0 Å². The number of nitrogens with one attached hydrogen (secondary N) is 3. The zero-order valence-corrected chi connectivity index (χ0v) is 18.2. The number of halogens is 1. The number of carbonyl (C=O) groups is 1. The predicted molar refractivity (Wildman–Crippen MR) is 117 cm³/mol. The van der Waals surface area contributed by atoms with Crippen molar-refractivity contribution in [1.82, 2.24) is 19.5 Å². The molecule has 1 aliphatic carbocycles. The molecule has 0 spiro atoms. The first-order chi connectivity index (χ1) is 15.2. The lowest BCUT2D eigenvalue weighted by atomic mass is 9.97. The van der Waals surface area contributed by atoms with Gasteiger partial charge in [-0.05, 0) is 67.1 Å². The topological polar surface area (TPSA) is 133 Å². The van der Waals surface area contributed by atoms with Crippen molar-refractivity contribution in [2.75, 3.05) is 5.32 Å². The summed E-state index contributed by atoms with van der Waals surface area (Å²) in [6, 6.07) is 5.30. The number of aromatic nitrogens is 3. The first-order valence-corrected chi connectivity index (χ1v) is 11.6. The van der Waals surface area contributed by atoms with Gasteiger partial charge >= 0.3 is 6.03 Å². The van der Waals surface area contributed by atoms with Gasteiger partial charge in [-0.3, -0.25) is 9.67 Å². The van der Waals surface area contributed by atoms with Crippen molar-refractivity contribution in [1.29, 1.82) is 4.78 Å². The number of carbonyl (C=O) groups excluding carboxylic acids is 1. The molecule has 9 nitrogen and oxygen atoms in total. The first-order valence-electron chi connectivity index (χ1n) is 10.1. The van der Waals surface area contributed by atoms with Crippen molar-refractivity contribution in [3.63, 3.8) is 0 Å². The fourth-order valence-corrected chi connectivity index (χ4v) is 4.71. The zero-order chi connectivity index (χ0) is 22.9. The Morgan fingerprint density at radius 1 is 1.31 bits per heavy atom. The number of fused-ring (bicyclic) bond motifs is 1. The van der Waals surface area contributed by atoms with Crippen LogP contribution in [0.1, 0.15) is 24.5 Å². The normalized spacial score (nSPS) is 15.6. The van der Waals surface area contributed by atoms with Gasteiger partial charge in [0.1, 0.15) is 5.82 Å². The molecular weight excluding hydrogens is 435 g/mol. The predicted octanol–water partition coefficient (Wildman–Crippen LogP) is 3.10. The summed E-state index contributed by atoms with van der Waals surface area (Å²) in [6.45, 7) is 1.74. The zero-order valence-electron chi connectivity index (χ0n) is 17.3. The lowest BCUT2D eigenvalue weighted by Crippen LogP contribution is -2.34. The molecule has 1 aromatic carbocycles. The Balaban J connectivity index is 1.62. The maximum Gasteiger partial charge on any atom is 0.332 e. The molecule has 0 saturated heterocycles. The summed E-state index contributed by atoms with van der Waals surface area (Å²) in [5.41, 5.74) is 2.84. The largest absolute Gasteiger partial charge is 0.391 e. The van der Waals surface area contributed by atoms with E-state index in [2.05, 4.69) is 20.1 Å². The van der Waals surface area contributed by atoms with Gasteiger partial charge < -0.3 is 10.4 Å². The van der Waals surface area contributed by atoms with E-state index in [1.54, 1.807) is 31.5 Å². The molecule has 2 heterocycles. The van der Waals surface area contributed by atoms with Gasteiger partial charge in [-0.2, -0.15) is 5.10 Å². The summed E-state index contributed by atoms with van der Waals surface area (Å²) in [4.78, 5) is 16.7. The molecule has 11 heteroatoms. The van der Waals surface area contributed by atoms with E-state index in [1.165, 1.54) is 23.0 Å². The quantitative estimate of drug-likeness (QED) is 0.451. The molecule has 0 bridgehead atoms. The highest BCUT2D eigenvalue weighted by atomic mass is 32.2. The van der Waals surface area contributed by atoms with Gasteiger partial charge in [0, 0.05) is 24.2 Å². The second-order valence-electron chi connectivity index (χ2n) is 7.66. The fourth-order valence-electron chi connectivity index (χ4n) is 3.82. The average Bonchev–Trinajstić information content (AvgIpc) is 3.40. The minimum Gasteiger partial charge on any atom is -0.391 e. The summed E-state index contributed by atoms with van der Waals surface area (Å²) in [5.74, 6) is -0.330. The smallest absolute Gasteiger partial charge is 0.332 e. The molecule has 2 amide bonds. The molecule has 4 rings (SSSR count). The van der Waals surface area contributed by atoms with E-state index >= 15 is 0 Å². The number of nitrogens with zero attached hydrogens (tertiary/aromatic N) is 3. The molecule has 0 fully saturated rings. The molecule has 3 aromatic rings. The van der Waals surface area contributed by atoms with Crippen LogP contribution in [0.25, 0.3) is 11.1 Å². The van der Waals surface area contributed by atoms with Crippen molar-refractivity contribution < 1.29 is 18.5 Å². The van der Waals surface area contributed by atoms with Gasteiger partial charge in [0.2, 0.25) is 0 Å². The van der Waals surface area contributed by atoms with Crippen molar-refractivity contribution in [3.8, 4) is 11.1 Å². The third kappa shape index (κ3) is 4.48. The molecule has 32 heavy (non-hydrogen) atoms. The highest BCUT2D eigenvalue weighted by Crippen LogP contribution is 2.39. The Morgan fingerprint density at radius 3 is 2.75 bits per heavy atom. The number of aliphatic hydroxyl groups is 1. The molecule has 168 valence electrons. The molecule has 1 aliphatic rings. The first kappa shape index (κ1) is 21.9. The Hall–Kier alpha value is -3.31. The molecule has 2 atom stereocenters. The number of benzene rings is 1. The second kappa shape index (κ2) is 8.67. The number of anilines is 1. The maximum absolute atomic E-state index is 14.7. The average molecular weight is 459 g/mol. The highest BCUT2D eigenvalue weighted by molar-refractivity contribution is 7.91. The Labute approximate surface area is 184 Å². The standard InChI is InChI=1S/C21H23FN6O3S/c1-13(29)12-28-10-7-19(26-28)32(23,31)27-21(30)25-20-16-4-2-3-15(16)18(22)11-17(20)14-5-8-24-9-6-14/h5-11,13,29H,2-4,12H2,1H3,(H3,23,25,27,30,31). The fraction of sp³-hybridized carbons (Fsp3) is 0.286. The van der Waals surface area contributed by atoms with Crippen LogP contribution < -0.4 is 10.0 Å². The summed E-state index contributed by atoms with van der Waals surface area (Å²) in [5, 5.41) is 16.0. The number of hydrogen-bond donors (Lipinski definition) is 4. The summed E-state index contributed by atoms with van der Waals surface area (Å²) >= 11 is 0. The van der Waals surface area contributed by atoms with Crippen molar-refractivity contribution in [2.24, 2.45) is 0 Å². The van der Waals surface area contributed by atoms with Gasteiger partial charge in [0.15, 0.2) is 14.9 Å². The van der Waals surface area contributed by atoms with Gasteiger partial charge in [0.25, 0.3) is 0 Å². The number of urea groups is 1. The van der Waals surface area contributed by atoms with Crippen molar-refractivity contribution >= 4 is 21.6 Å². The van der Waals surface area contributed by atoms with Crippen LogP contribution in [0.2, 0.25) is 0 Å². The summed E-state index contributed by atoms with van der Waals surface area (Å²) < 4.78 is 39.1. The van der Waals surface area contributed by atoms with Crippen LogP contribution in [-0.2, 0) is 29.3 Å². The van der Waals surface area contributed by atoms with E-state index < -0.39 is 22.1 Å². The minimum absolute atomic E-state index is 0.132. The summed E-state index contributed by atoms with van der Waals surface area (Å²) in [6.07, 6.45) is 5.88. The van der Waals surface area contributed by atoms with E-state index in [4.69, 9.17) is 4.78 Å². The number of rotatable bonds is 6. The number of aliphatic hydroxyl groups excluding tert-OH is 1. The maximum atomic E-state index is 14.7. The van der Waals surface area contributed by atoms with Crippen LogP contribution in [0, 0.1) is 10.6 Å². The molecule has 2 aromatic heterocycles. The third-order valence-electron chi connectivity index (χ3n) is 5.18. The van der Waals surface area contributed by atoms with Gasteiger partial charge in [-0.15, -0.1) is 0 Å². The number of pyridine rings is 1. The van der Waals surface area contributed by atoms with E-state index in [0.29, 0.717) is 40.8 Å². The molecule has 0 saturated carbocycles. The molecule has 4 N–H and O–H groups in total. The lowest BCUT2D eigenvalue weighted by molar-refractivity contribution is 0.168. The van der Waals surface area contributed by atoms with Gasteiger partial charge in [-0.1, -0.05) is 0 Å². The SMILES string of the molecule is CC(O)Cn1ccc(S(=N)(=O)NC(=O)Nc2c(-c3ccncc3)cc(F)c3c2CCC3)n1. The molecule has 2 unspecified atom stereocenters. The van der Waals surface area contributed by atoms with E-state index in [1.807, 2.05) is 0 Å². The minimum atomic E-state index is -3.75. The summed E-state index contributed by atoms with van der Waals surface area (Å²) in [7, 11) is -3.75. The van der Waals surface area contributed by atoms with Crippen LogP contribution in [-0.4, -0.2) is 36.2 Å². The Morgan fingerprint density at radius 2 is 2.03 bits per heavy atom. The van der Waals surface area contributed by atoms with Crippen LogP contribution in [0.3, 0.4) is 0 Å². The van der Waals surface area contributed by atoms with Gasteiger partial charge in [0.05, 0.1) is 18.3 Å². The van der Waals surface area contributed by atoms with Crippen molar-refractivity contribution in [2.45, 2.75) is 43.9 Å². The van der Waals surface area contributed by atoms with Crippen LogP contribution in [0.4, 0.5) is 14.9 Å². The van der Waals surface area contributed by atoms with E-state index in [0.717, 1.165) is 6.42 Å². The Kier molecular flexibility index (Phi) is 5.94. The van der Waals surface area contributed by atoms with Crippen LogP contribution in [0.15, 0.2) is 47.9 Å². The van der Waals surface area contributed by atoms with E-state index in [-0.39, 0.29) is 17.4 Å².